The number of carbonyl (C=O) groups is 1. The molecule has 0 saturated carbocycles. The predicted molar refractivity (Wildman–Crippen MR) is 39.4 cm³/mol. The van der Waals surface area contributed by atoms with Crippen LogP contribution in [-0.2, 0) is 4.79 Å². The maximum Gasteiger partial charge on any atom is 0.241 e. The molecule has 1 aliphatic rings. The molecule has 1 rings (SSSR count). The SMILES string of the molecule is C=CCCN1CC(N)C1=O. The van der Waals surface area contributed by atoms with Gasteiger partial charge in [0.15, 0.2) is 0 Å². The van der Waals surface area contributed by atoms with E-state index in [-0.39, 0.29) is 11.9 Å². The van der Waals surface area contributed by atoms with Crippen LogP contribution >= 0.6 is 0 Å². The van der Waals surface area contributed by atoms with Crippen molar-refractivity contribution in [2.45, 2.75) is 12.5 Å². The number of β-lactam (4-membered cyclic amide) rings is 1. The molecule has 1 unspecified atom stereocenters. The molecule has 10 heavy (non-hydrogen) atoms. The second kappa shape index (κ2) is 2.84. The summed E-state index contributed by atoms with van der Waals surface area (Å²) in [6, 6.07) is -0.232. The van der Waals surface area contributed by atoms with Gasteiger partial charge in [0.1, 0.15) is 6.04 Å². The number of amides is 1. The third kappa shape index (κ3) is 1.19. The second-order valence-electron chi connectivity index (χ2n) is 2.47. The van der Waals surface area contributed by atoms with Crippen LogP contribution in [0, 0.1) is 0 Å². The van der Waals surface area contributed by atoms with Crippen molar-refractivity contribution in [3.05, 3.63) is 12.7 Å². The van der Waals surface area contributed by atoms with Crippen LogP contribution in [-0.4, -0.2) is 29.9 Å². The summed E-state index contributed by atoms with van der Waals surface area (Å²) in [6.45, 7) is 5.05. The first-order valence-corrected chi connectivity index (χ1v) is 3.41. The zero-order chi connectivity index (χ0) is 7.56. The average molecular weight is 140 g/mol. The van der Waals surface area contributed by atoms with Crippen molar-refractivity contribution in [2.24, 2.45) is 5.73 Å². The van der Waals surface area contributed by atoms with Gasteiger partial charge in [0, 0.05) is 13.1 Å². The highest BCUT2D eigenvalue weighted by atomic mass is 16.2. The van der Waals surface area contributed by atoms with Gasteiger partial charge in [-0.25, -0.2) is 0 Å². The highest BCUT2D eigenvalue weighted by molar-refractivity contribution is 5.87. The maximum atomic E-state index is 10.8. The molecule has 1 aliphatic heterocycles. The number of nitrogens with zero attached hydrogens (tertiary/aromatic N) is 1. The first-order chi connectivity index (χ1) is 4.75. The largest absolute Gasteiger partial charge is 0.339 e. The van der Waals surface area contributed by atoms with Gasteiger partial charge in [-0.05, 0) is 6.42 Å². The van der Waals surface area contributed by atoms with E-state index in [1.54, 1.807) is 11.0 Å². The van der Waals surface area contributed by atoms with E-state index in [0.717, 1.165) is 13.0 Å². The molecule has 1 amide bonds. The lowest BCUT2D eigenvalue weighted by atomic mass is 10.1. The Morgan fingerprint density at radius 1 is 1.90 bits per heavy atom. The molecule has 0 aliphatic carbocycles. The Balaban J connectivity index is 2.20. The molecule has 0 spiro atoms. The van der Waals surface area contributed by atoms with Gasteiger partial charge in [-0.3, -0.25) is 4.79 Å². The molecule has 1 atom stereocenters. The van der Waals surface area contributed by atoms with Crippen molar-refractivity contribution in [3.63, 3.8) is 0 Å². The normalized spacial score (nSPS) is 24.3. The Labute approximate surface area is 60.5 Å². The molecule has 1 saturated heterocycles. The molecule has 0 radical (unpaired) electrons. The van der Waals surface area contributed by atoms with Gasteiger partial charge in [0.2, 0.25) is 5.91 Å². The third-order valence-electron chi connectivity index (χ3n) is 1.65. The van der Waals surface area contributed by atoms with E-state index in [2.05, 4.69) is 6.58 Å². The molecule has 0 bridgehead atoms. The van der Waals surface area contributed by atoms with Gasteiger partial charge < -0.3 is 10.6 Å². The fraction of sp³-hybridized carbons (Fsp3) is 0.571. The summed E-state index contributed by atoms with van der Waals surface area (Å²) in [5, 5.41) is 0. The number of hydrogen-bond donors (Lipinski definition) is 1. The lowest BCUT2D eigenvalue weighted by molar-refractivity contribution is -0.142. The summed E-state index contributed by atoms with van der Waals surface area (Å²) >= 11 is 0. The van der Waals surface area contributed by atoms with Crippen LogP contribution in [0.3, 0.4) is 0 Å². The maximum absolute atomic E-state index is 10.8. The molecule has 0 aromatic rings. The standard InChI is InChI=1S/C7H12N2O/c1-2-3-4-9-5-6(8)7(9)10/h2,6H,1,3-5,8H2. The third-order valence-corrected chi connectivity index (χ3v) is 1.65. The van der Waals surface area contributed by atoms with Crippen LogP contribution in [0.5, 0.6) is 0 Å². The minimum Gasteiger partial charge on any atom is -0.339 e. The highest BCUT2D eigenvalue weighted by Crippen LogP contribution is 2.07. The fourth-order valence-corrected chi connectivity index (χ4v) is 0.976. The summed E-state index contributed by atoms with van der Waals surface area (Å²) in [5.41, 5.74) is 5.37. The summed E-state index contributed by atoms with van der Waals surface area (Å²) in [5.74, 6) is 0.0712. The van der Waals surface area contributed by atoms with Crippen molar-refractivity contribution >= 4 is 5.91 Å². The molecule has 3 heteroatoms. The molecule has 1 heterocycles. The number of hydrogen-bond acceptors (Lipinski definition) is 2. The summed E-state index contributed by atoms with van der Waals surface area (Å²) in [6.07, 6.45) is 2.66. The molecule has 0 aromatic carbocycles. The predicted octanol–water partition coefficient (Wildman–Crippen LogP) is -0.268. The zero-order valence-corrected chi connectivity index (χ0v) is 5.92. The number of likely N-dealkylation sites (tertiary alicyclic amines) is 1. The Bertz CT molecular complexity index is 156. The minimum atomic E-state index is -0.232. The highest BCUT2D eigenvalue weighted by Gasteiger charge is 2.32. The molecular formula is C7H12N2O. The van der Waals surface area contributed by atoms with Crippen LogP contribution in [0.4, 0.5) is 0 Å². The first-order valence-electron chi connectivity index (χ1n) is 3.41. The van der Waals surface area contributed by atoms with E-state index in [9.17, 15) is 4.79 Å². The van der Waals surface area contributed by atoms with Gasteiger partial charge in [0.05, 0.1) is 0 Å². The van der Waals surface area contributed by atoms with E-state index in [1.165, 1.54) is 0 Å². The van der Waals surface area contributed by atoms with Crippen molar-refractivity contribution in [3.8, 4) is 0 Å². The van der Waals surface area contributed by atoms with Gasteiger partial charge in [-0.2, -0.15) is 0 Å². The van der Waals surface area contributed by atoms with Gasteiger partial charge in [0.25, 0.3) is 0 Å². The van der Waals surface area contributed by atoms with Crippen LogP contribution in [0.1, 0.15) is 6.42 Å². The van der Waals surface area contributed by atoms with Crippen LogP contribution < -0.4 is 5.73 Å². The molecule has 56 valence electrons. The Morgan fingerprint density at radius 3 is 3.00 bits per heavy atom. The van der Waals surface area contributed by atoms with E-state index >= 15 is 0 Å². The minimum absolute atomic E-state index is 0.0712. The van der Waals surface area contributed by atoms with E-state index in [1.807, 2.05) is 0 Å². The van der Waals surface area contributed by atoms with Crippen molar-refractivity contribution in [1.29, 1.82) is 0 Å². The summed E-state index contributed by atoms with van der Waals surface area (Å²) < 4.78 is 0. The Kier molecular flexibility index (Phi) is 2.06. The number of nitrogens with two attached hydrogens (primary N) is 1. The molecule has 1 fully saturated rings. The van der Waals surface area contributed by atoms with Crippen molar-refractivity contribution < 1.29 is 4.79 Å². The van der Waals surface area contributed by atoms with Gasteiger partial charge in [-0.1, -0.05) is 6.08 Å². The summed E-state index contributed by atoms with van der Waals surface area (Å²) in [7, 11) is 0. The lowest BCUT2D eigenvalue weighted by Gasteiger charge is -2.35. The second-order valence-corrected chi connectivity index (χ2v) is 2.47. The van der Waals surface area contributed by atoms with Crippen LogP contribution in [0.15, 0.2) is 12.7 Å². The average Bonchev–Trinajstić information content (AvgIpc) is 1.97. The van der Waals surface area contributed by atoms with Crippen molar-refractivity contribution in [2.75, 3.05) is 13.1 Å². The van der Waals surface area contributed by atoms with Crippen LogP contribution in [0.25, 0.3) is 0 Å². The topological polar surface area (TPSA) is 46.3 Å². The number of rotatable bonds is 3. The van der Waals surface area contributed by atoms with E-state index < -0.39 is 0 Å². The first kappa shape index (κ1) is 7.28. The van der Waals surface area contributed by atoms with Gasteiger partial charge in [-0.15, -0.1) is 6.58 Å². The fourth-order valence-electron chi connectivity index (χ4n) is 0.976. The van der Waals surface area contributed by atoms with E-state index in [0.29, 0.717) is 6.54 Å². The molecular weight excluding hydrogens is 128 g/mol. The molecule has 3 nitrogen and oxygen atoms in total. The Morgan fingerprint density at radius 2 is 2.60 bits per heavy atom. The molecule has 2 N–H and O–H groups in total. The lowest BCUT2D eigenvalue weighted by Crippen LogP contribution is -2.60. The zero-order valence-electron chi connectivity index (χ0n) is 5.92. The van der Waals surface area contributed by atoms with E-state index in [4.69, 9.17) is 5.73 Å². The summed E-state index contributed by atoms with van der Waals surface area (Å²) in [4.78, 5) is 12.6. The number of carbonyl (C=O) groups excluding carboxylic acids is 1. The monoisotopic (exact) mass is 140 g/mol. The molecule has 0 aromatic heterocycles. The van der Waals surface area contributed by atoms with Gasteiger partial charge >= 0.3 is 0 Å². The smallest absolute Gasteiger partial charge is 0.241 e. The quantitative estimate of drug-likeness (QED) is 0.433. The Hall–Kier alpha value is -0.830. The van der Waals surface area contributed by atoms with Crippen LogP contribution in [0.2, 0.25) is 0 Å². The van der Waals surface area contributed by atoms with Crippen molar-refractivity contribution in [1.82, 2.24) is 4.90 Å².